The molecule has 4 heavy (non-hydrogen) atoms. The summed E-state index contributed by atoms with van der Waals surface area (Å²) in [6.45, 7) is 0. The average Bonchev–Trinajstić information content (AvgIpc) is 0. The smallest absolute Gasteiger partial charge is 3.00 e. The molecule has 0 saturated heterocycles. The first-order valence-electron chi connectivity index (χ1n) is 0. The van der Waals surface area contributed by atoms with E-state index < -0.39 is 0 Å². The second-order valence-electron chi connectivity index (χ2n) is 0. The van der Waals surface area contributed by atoms with E-state index in [9.17, 15) is 0 Å². The van der Waals surface area contributed by atoms with Crippen molar-refractivity contribution in [1.29, 1.82) is 0 Å². The molecule has 0 aliphatic rings. The third-order valence-corrected chi connectivity index (χ3v) is 0. The van der Waals surface area contributed by atoms with Crippen molar-refractivity contribution in [3.8, 4) is 0 Å². The van der Waals surface area contributed by atoms with Crippen LogP contribution in [-0.2, 0) is 0 Å². The molecule has 0 aliphatic heterocycles. The second-order valence-corrected chi connectivity index (χ2v) is 0. The topological polar surface area (TPSA) is 30.5 Å². The summed E-state index contributed by atoms with van der Waals surface area (Å²) >= 11 is 0. The predicted molar refractivity (Wildman–Crippen MR) is 21.8 cm³/mol. The van der Waals surface area contributed by atoms with E-state index >= 15 is 0 Å². The second kappa shape index (κ2) is 22.6. The fraction of sp³-hybridized carbons (Fsp3) is 0. The van der Waals surface area contributed by atoms with Crippen LogP contribution in [0.5, 0.6) is 0 Å². The maximum absolute atomic E-state index is 0. The summed E-state index contributed by atoms with van der Waals surface area (Å²) in [6, 6.07) is 0. The van der Waals surface area contributed by atoms with Gasteiger partial charge in [0, 0.05) is 0 Å². The molecule has 0 heterocycles. The van der Waals surface area contributed by atoms with Gasteiger partial charge in [-0.15, -0.1) is 0 Å². The van der Waals surface area contributed by atoms with E-state index in [2.05, 4.69) is 0 Å². The first kappa shape index (κ1) is 44.5. The Morgan fingerprint density at radius 1 is 0.750 bits per heavy atom. The third-order valence-electron chi connectivity index (χ3n) is 0. The molecule has 0 fully saturated rings. The molecule has 0 bridgehead atoms. The van der Waals surface area contributed by atoms with Gasteiger partial charge < -0.3 is 16.0 Å². The molecule has 0 aromatic heterocycles. The van der Waals surface area contributed by atoms with Gasteiger partial charge in [0.1, 0.15) is 0 Å². The third kappa shape index (κ3) is 9.39. The van der Waals surface area contributed by atoms with Gasteiger partial charge in [0.05, 0.1) is 0 Å². The molecule has 0 aliphatic carbocycles. The van der Waals surface area contributed by atoms with Crippen molar-refractivity contribution >= 4 is 49.5 Å². The van der Waals surface area contributed by atoms with Crippen LogP contribution in [0.2, 0.25) is 0 Å². The maximum Gasteiger partial charge on any atom is 3.00 e. The fourth-order valence-electron chi connectivity index (χ4n) is 0. The summed E-state index contributed by atoms with van der Waals surface area (Å²) in [5.74, 6) is 0. The molecule has 4 heteroatoms. The van der Waals surface area contributed by atoms with E-state index in [-0.39, 0.29) is 55.6 Å². The summed E-state index contributed by atoms with van der Waals surface area (Å²) in [4.78, 5) is 0. The van der Waals surface area contributed by atoms with Gasteiger partial charge in [-0.3, -0.25) is 0 Å². The summed E-state index contributed by atoms with van der Waals surface area (Å²) in [7, 11) is 0. The van der Waals surface area contributed by atoms with Gasteiger partial charge in [-0.25, -0.2) is 0 Å². The molecule has 0 spiro atoms. The number of nitrogens with zero attached hydrogens (tertiary/aromatic N) is 1. The minimum Gasteiger partial charge on any atom is -3.00 e. The van der Waals surface area contributed by atoms with Gasteiger partial charge in [0.2, 0.25) is 0 Å². The van der Waals surface area contributed by atoms with Crippen LogP contribution in [-0.4, -0.2) is 39.6 Å². The Bertz CT molecular complexity index is 6.00. The van der Waals surface area contributed by atoms with Crippen molar-refractivity contribution in [1.82, 2.24) is 0 Å². The number of rotatable bonds is 0. The molecule has 0 aromatic carbocycles. The summed E-state index contributed by atoms with van der Waals surface area (Å²) < 4.78 is 0. The minimum absolute atomic E-state index is 0. The van der Waals surface area contributed by atoms with Crippen LogP contribution in [0.3, 0.4) is 0 Å². The maximum atomic E-state index is 0. The number of hydrogen-bond acceptors (Lipinski definition) is 0. The van der Waals surface area contributed by atoms with Crippen molar-refractivity contribution in [2.75, 3.05) is 0 Å². The summed E-state index contributed by atoms with van der Waals surface area (Å²) in [5.41, 5.74) is 0. The zero-order valence-corrected chi connectivity index (χ0v) is 7.79. The van der Waals surface area contributed by atoms with Gasteiger partial charge in [-0.2, -0.15) is 0 Å². The zero-order valence-electron chi connectivity index (χ0n) is 2.05. The van der Waals surface area contributed by atoms with Gasteiger partial charge in [0.15, 0.2) is 0 Å². The van der Waals surface area contributed by atoms with Crippen molar-refractivity contribution in [3.05, 3.63) is 6.15 Å². The van der Waals surface area contributed by atoms with Crippen LogP contribution in [0.15, 0.2) is 0 Å². The minimum atomic E-state index is 0. The SMILES string of the molecule is [Ga+3].[Ga+3].[N-3].[P-3]. The molecule has 0 rings (SSSR count). The van der Waals surface area contributed by atoms with Gasteiger partial charge in [-0.1, -0.05) is 0 Å². The molecule has 0 atom stereocenters. The van der Waals surface area contributed by atoms with E-state index in [0.29, 0.717) is 0 Å². The van der Waals surface area contributed by atoms with Crippen molar-refractivity contribution in [3.63, 3.8) is 0 Å². The van der Waals surface area contributed by atoms with E-state index in [1.807, 2.05) is 0 Å². The standard InChI is InChI=1S/2Ga.N.P/q2*+3;2*-3. The first-order valence-corrected chi connectivity index (χ1v) is 0. The molecular formula is Ga2NP. The Balaban J connectivity index is 0. The Labute approximate surface area is 55.6 Å². The first-order chi connectivity index (χ1) is 0. The average molecular weight is 184 g/mol. The molecule has 0 saturated carbocycles. The van der Waals surface area contributed by atoms with E-state index in [1.165, 1.54) is 0 Å². The molecule has 16 valence electrons. The summed E-state index contributed by atoms with van der Waals surface area (Å²) in [5, 5.41) is 0. The fourth-order valence-corrected chi connectivity index (χ4v) is 0. The van der Waals surface area contributed by atoms with Crippen LogP contribution in [0.1, 0.15) is 0 Å². The van der Waals surface area contributed by atoms with Crippen LogP contribution in [0, 0.1) is 0 Å². The van der Waals surface area contributed by atoms with Gasteiger partial charge >= 0.3 is 39.6 Å². The molecular weight excluding hydrogens is 184 g/mol. The monoisotopic (exact) mass is 183 g/mol. The number of hydrogen-bond donors (Lipinski definition) is 0. The largest absolute Gasteiger partial charge is 3.00 e. The summed E-state index contributed by atoms with van der Waals surface area (Å²) in [6.07, 6.45) is 0. The Kier molecular flexibility index (Phi) is 252. The normalized spacial score (nSPS) is 0. The van der Waals surface area contributed by atoms with Crippen molar-refractivity contribution in [2.45, 2.75) is 0 Å². The Morgan fingerprint density at radius 2 is 0.750 bits per heavy atom. The van der Waals surface area contributed by atoms with Crippen LogP contribution in [0.25, 0.3) is 6.15 Å². The molecule has 0 unspecified atom stereocenters. The quantitative estimate of drug-likeness (QED) is 0.385. The van der Waals surface area contributed by atoms with E-state index in [0.717, 1.165) is 0 Å². The molecule has 0 radical (unpaired) electrons. The van der Waals surface area contributed by atoms with Crippen LogP contribution in [0.4, 0.5) is 0 Å². The Hall–Kier alpha value is 1.66. The zero-order chi connectivity index (χ0) is 0. The Morgan fingerprint density at radius 3 is 0.750 bits per heavy atom. The van der Waals surface area contributed by atoms with Crippen LogP contribution < -0.4 is 0 Å². The molecule has 0 N–H and O–H groups in total. The van der Waals surface area contributed by atoms with Crippen molar-refractivity contribution < 1.29 is 0 Å². The van der Waals surface area contributed by atoms with Crippen molar-refractivity contribution in [2.24, 2.45) is 0 Å². The predicted octanol–water partition coefficient (Wildman–Crippen LogP) is 0.388. The van der Waals surface area contributed by atoms with Crippen LogP contribution >= 0.6 is 9.90 Å². The van der Waals surface area contributed by atoms with E-state index in [1.54, 1.807) is 0 Å². The molecule has 0 amide bonds. The molecule has 1 nitrogen and oxygen atoms in total. The van der Waals surface area contributed by atoms with E-state index in [4.69, 9.17) is 0 Å². The molecule has 0 aromatic rings. The van der Waals surface area contributed by atoms with Gasteiger partial charge in [-0.05, 0) is 0 Å². The van der Waals surface area contributed by atoms with Gasteiger partial charge in [0.25, 0.3) is 0 Å².